The molecule has 2 rings (SSSR count). The van der Waals surface area contributed by atoms with Crippen LogP contribution in [-0.4, -0.2) is 7.11 Å². The molecule has 0 amide bonds. The van der Waals surface area contributed by atoms with E-state index >= 15 is 0 Å². The Morgan fingerprint density at radius 3 is 2.40 bits per heavy atom. The van der Waals surface area contributed by atoms with Gasteiger partial charge in [-0.2, -0.15) is 0 Å². The van der Waals surface area contributed by atoms with Gasteiger partial charge >= 0.3 is 0 Å². The number of benzene rings is 2. The number of nitrogen functional groups attached to an aromatic ring is 1. The van der Waals surface area contributed by atoms with E-state index in [0.29, 0.717) is 17.4 Å². The Hall–Kier alpha value is -2.23. The maximum absolute atomic E-state index is 13.5. The lowest BCUT2D eigenvalue weighted by molar-refractivity contribution is 0.381. The topological polar surface area (TPSA) is 44.5 Å². The molecule has 20 heavy (non-hydrogen) atoms. The summed E-state index contributed by atoms with van der Waals surface area (Å²) in [6.45, 7) is 4.16. The molecule has 4 heteroatoms. The first-order valence-electron chi connectivity index (χ1n) is 6.42. The van der Waals surface area contributed by atoms with E-state index in [0.717, 1.165) is 5.56 Å². The Kier molecular flexibility index (Phi) is 4.13. The zero-order chi connectivity index (χ0) is 14.7. The van der Waals surface area contributed by atoms with E-state index in [-0.39, 0.29) is 11.4 Å². The highest BCUT2D eigenvalue weighted by molar-refractivity contribution is 5.58. The van der Waals surface area contributed by atoms with Crippen molar-refractivity contribution in [3.8, 4) is 17.2 Å². The van der Waals surface area contributed by atoms with Crippen molar-refractivity contribution in [1.82, 2.24) is 0 Å². The highest BCUT2D eigenvalue weighted by atomic mass is 19.1. The lowest BCUT2D eigenvalue weighted by Crippen LogP contribution is -1.98. The number of hydrogen-bond donors (Lipinski definition) is 1. The molecule has 3 nitrogen and oxygen atoms in total. The van der Waals surface area contributed by atoms with Crippen molar-refractivity contribution in [1.29, 1.82) is 0 Å². The van der Waals surface area contributed by atoms with Crippen LogP contribution in [0, 0.1) is 5.82 Å². The molecule has 0 saturated carbocycles. The van der Waals surface area contributed by atoms with Gasteiger partial charge in [-0.25, -0.2) is 4.39 Å². The summed E-state index contributed by atoms with van der Waals surface area (Å²) in [7, 11) is 1.40. The van der Waals surface area contributed by atoms with Crippen molar-refractivity contribution in [3.05, 3.63) is 47.8 Å². The summed E-state index contributed by atoms with van der Waals surface area (Å²) < 4.78 is 24.3. The second-order valence-corrected chi connectivity index (χ2v) is 4.82. The minimum atomic E-state index is -0.505. The Morgan fingerprint density at radius 1 is 1.05 bits per heavy atom. The van der Waals surface area contributed by atoms with E-state index in [4.69, 9.17) is 15.2 Å². The van der Waals surface area contributed by atoms with Crippen LogP contribution in [0.15, 0.2) is 36.4 Å². The highest BCUT2D eigenvalue weighted by Crippen LogP contribution is 2.36. The van der Waals surface area contributed by atoms with Crippen LogP contribution in [0.25, 0.3) is 0 Å². The molecule has 0 bridgehead atoms. The number of hydrogen-bond acceptors (Lipinski definition) is 3. The fraction of sp³-hybridized carbons (Fsp3) is 0.250. The van der Waals surface area contributed by atoms with Gasteiger partial charge in [0.2, 0.25) is 0 Å². The molecule has 0 fully saturated rings. The molecule has 0 radical (unpaired) electrons. The third kappa shape index (κ3) is 2.85. The van der Waals surface area contributed by atoms with Crippen molar-refractivity contribution in [3.63, 3.8) is 0 Å². The zero-order valence-corrected chi connectivity index (χ0v) is 11.8. The van der Waals surface area contributed by atoms with Crippen molar-refractivity contribution < 1.29 is 13.9 Å². The SMILES string of the molecule is COc1cc(Oc2ccccc2C(C)C)c(N)cc1F. The maximum Gasteiger partial charge on any atom is 0.167 e. The Bertz CT molecular complexity index is 611. The summed E-state index contributed by atoms with van der Waals surface area (Å²) in [6, 6.07) is 10.4. The molecule has 2 N–H and O–H groups in total. The number of ether oxygens (including phenoxy) is 2. The second-order valence-electron chi connectivity index (χ2n) is 4.82. The van der Waals surface area contributed by atoms with E-state index < -0.39 is 5.82 Å². The zero-order valence-electron chi connectivity index (χ0n) is 11.8. The molecular weight excluding hydrogens is 257 g/mol. The van der Waals surface area contributed by atoms with Crippen LogP contribution in [0.2, 0.25) is 0 Å². The van der Waals surface area contributed by atoms with Gasteiger partial charge in [0.1, 0.15) is 5.75 Å². The molecule has 0 aliphatic carbocycles. The predicted octanol–water partition coefficient (Wildman–Crippen LogP) is 4.33. The summed E-state index contributed by atoms with van der Waals surface area (Å²) in [4.78, 5) is 0. The van der Waals surface area contributed by atoms with Crippen molar-refractivity contribution >= 4 is 5.69 Å². The number of anilines is 1. The molecular formula is C16H18FNO2. The van der Waals surface area contributed by atoms with Gasteiger partial charge in [0, 0.05) is 12.1 Å². The van der Waals surface area contributed by atoms with Crippen LogP contribution in [0.3, 0.4) is 0 Å². The van der Waals surface area contributed by atoms with Crippen molar-refractivity contribution in [2.75, 3.05) is 12.8 Å². The van der Waals surface area contributed by atoms with E-state index in [1.165, 1.54) is 19.2 Å². The molecule has 0 spiro atoms. The average molecular weight is 275 g/mol. The van der Waals surface area contributed by atoms with Crippen LogP contribution >= 0.6 is 0 Å². The molecule has 0 heterocycles. The minimum absolute atomic E-state index is 0.108. The van der Waals surface area contributed by atoms with Crippen LogP contribution < -0.4 is 15.2 Å². The van der Waals surface area contributed by atoms with E-state index in [2.05, 4.69) is 13.8 Å². The second kappa shape index (κ2) is 5.82. The molecule has 0 atom stereocenters. The largest absolute Gasteiger partial charge is 0.494 e. The van der Waals surface area contributed by atoms with Crippen LogP contribution in [0.4, 0.5) is 10.1 Å². The average Bonchev–Trinajstić information content (AvgIpc) is 2.42. The van der Waals surface area contributed by atoms with E-state index in [1.54, 1.807) is 0 Å². The number of para-hydroxylation sites is 1. The Morgan fingerprint density at radius 2 is 1.75 bits per heavy atom. The summed E-state index contributed by atoms with van der Waals surface area (Å²) in [6.07, 6.45) is 0. The molecule has 0 aliphatic heterocycles. The fourth-order valence-corrected chi connectivity index (χ4v) is 1.96. The van der Waals surface area contributed by atoms with Crippen molar-refractivity contribution in [2.45, 2.75) is 19.8 Å². The third-order valence-electron chi connectivity index (χ3n) is 3.05. The molecule has 0 aliphatic rings. The Labute approximate surface area is 118 Å². The normalized spacial score (nSPS) is 10.7. The van der Waals surface area contributed by atoms with Gasteiger partial charge in [-0.05, 0) is 17.5 Å². The fourth-order valence-electron chi connectivity index (χ4n) is 1.96. The lowest BCUT2D eigenvalue weighted by Gasteiger charge is -2.15. The monoisotopic (exact) mass is 275 g/mol. The summed E-state index contributed by atoms with van der Waals surface area (Å²) >= 11 is 0. The van der Waals surface area contributed by atoms with Crippen molar-refractivity contribution in [2.24, 2.45) is 0 Å². The Balaban J connectivity index is 2.40. The van der Waals surface area contributed by atoms with E-state index in [9.17, 15) is 4.39 Å². The van der Waals surface area contributed by atoms with Crippen LogP contribution in [-0.2, 0) is 0 Å². The molecule has 106 valence electrons. The van der Waals surface area contributed by atoms with Crippen LogP contribution in [0.1, 0.15) is 25.3 Å². The number of halogens is 1. The van der Waals surface area contributed by atoms with E-state index in [1.807, 2.05) is 24.3 Å². The summed E-state index contributed by atoms with van der Waals surface area (Å²) in [5.74, 6) is 1.01. The smallest absolute Gasteiger partial charge is 0.167 e. The number of nitrogens with two attached hydrogens (primary N) is 1. The van der Waals surface area contributed by atoms with Gasteiger partial charge in [-0.1, -0.05) is 32.0 Å². The maximum atomic E-state index is 13.5. The van der Waals surface area contributed by atoms with Gasteiger partial charge in [0.15, 0.2) is 17.3 Å². The summed E-state index contributed by atoms with van der Waals surface area (Å²) in [5.41, 5.74) is 7.10. The molecule has 2 aromatic carbocycles. The molecule has 0 saturated heterocycles. The predicted molar refractivity (Wildman–Crippen MR) is 78.0 cm³/mol. The first-order valence-corrected chi connectivity index (χ1v) is 6.42. The first kappa shape index (κ1) is 14.2. The first-order chi connectivity index (χ1) is 9.52. The molecule has 2 aromatic rings. The standard InChI is InChI=1S/C16H18FNO2/c1-10(2)11-6-4-5-7-14(11)20-16-9-15(19-3)12(17)8-13(16)18/h4-10H,18H2,1-3H3. The molecule has 0 unspecified atom stereocenters. The summed E-state index contributed by atoms with van der Waals surface area (Å²) in [5, 5.41) is 0. The van der Waals surface area contributed by atoms with Gasteiger partial charge in [-0.3, -0.25) is 0 Å². The van der Waals surface area contributed by atoms with Gasteiger partial charge in [0.25, 0.3) is 0 Å². The molecule has 0 aromatic heterocycles. The van der Waals surface area contributed by atoms with Gasteiger partial charge in [-0.15, -0.1) is 0 Å². The van der Waals surface area contributed by atoms with Crippen LogP contribution in [0.5, 0.6) is 17.2 Å². The highest BCUT2D eigenvalue weighted by Gasteiger charge is 2.13. The quantitative estimate of drug-likeness (QED) is 0.844. The minimum Gasteiger partial charge on any atom is -0.494 e. The third-order valence-corrected chi connectivity index (χ3v) is 3.05. The number of rotatable bonds is 4. The van der Waals surface area contributed by atoms with Gasteiger partial charge in [0.05, 0.1) is 12.8 Å². The van der Waals surface area contributed by atoms with Gasteiger partial charge < -0.3 is 15.2 Å². The number of methoxy groups -OCH3 is 1. The lowest BCUT2D eigenvalue weighted by atomic mass is 10.0.